The van der Waals surface area contributed by atoms with Gasteiger partial charge in [-0.05, 0) is 18.1 Å². The van der Waals surface area contributed by atoms with Crippen LogP contribution in [0.2, 0.25) is 0 Å². The Hall–Kier alpha value is -1.58. The Morgan fingerprint density at radius 1 is 1.43 bits per heavy atom. The zero-order valence-electron chi connectivity index (χ0n) is 8.04. The molecular formula is C10H11FN2O. The van der Waals surface area contributed by atoms with Crippen molar-refractivity contribution in [1.29, 1.82) is 0 Å². The third-order valence-electron chi connectivity index (χ3n) is 2.14. The Kier molecular flexibility index (Phi) is 1.91. The van der Waals surface area contributed by atoms with E-state index in [2.05, 4.69) is 4.98 Å². The smallest absolute Gasteiger partial charge is 0.292 e. The van der Waals surface area contributed by atoms with E-state index in [1.165, 1.54) is 6.07 Å². The van der Waals surface area contributed by atoms with Gasteiger partial charge in [-0.15, -0.1) is 0 Å². The van der Waals surface area contributed by atoms with Crippen LogP contribution in [0.15, 0.2) is 16.5 Å². The summed E-state index contributed by atoms with van der Waals surface area (Å²) in [7, 11) is 0. The first kappa shape index (κ1) is 8.99. The summed E-state index contributed by atoms with van der Waals surface area (Å²) in [6.45, 7) is 3.81. The van der Waals surface area contributed by atoms with Gasteiger partial charge in [0.2, 0.25) is 0 Å². The highest BCUT2D eigenvalue weighted by molar-refractivity contribution is 5.78. The Morgan fingerprint density at radius 2 is 2.14 bits per heavy atom. The van der Waals surface area contributed by atoms with E-state index >= 15 is 0 Å². The number of fused-ring (bicyclic) bond motifs is 1. The van der Waals surface area contributed by atoms with Gasteiger partial charge in [0.1, 0.15) is 11.3 Å². The molecule has 1 aromatic carbocycles. The second-order valence-corrected chi connectivity index (χ2v) is 3.51. The predicted molar refractivity (Wildman–Crippen MR) is 52.5 cm³/mol. The van der Waals surface area contributed by atoms with E-state index in [9.17, 15) is 4.39 Å². The van der Waals surface area contributed by atoms with E-state index in [-0.39, 0.29) is 17.7 Å². The zero-order chi connectivity index (χ0) is 10.3. The molecule has 14 heavy (non-hydrogen) atoms. The number of anilines is 1. The standard InChI is InChI=1S/C10H11FN2O/c1-5(2)8-6(11)3-4-7-9(8)13-10(12)14-7/h3-5H,1-2H3,(H2,12,13). The van der Waals surface area contributed by atoms with Crippen molar-refractivity contribution in [2.75, 3.05) is 5.73 Å². The first-order chi connectivity index (χ1) is 6.59. The molecule has 0 atom stereocenters. The topological polar surface area (TPSA) is 52.0 Å². The number of rotatable bonds is 1. The number of hydrogen-bond donors (Lipinski definition) is 1. The molecular weight excluding hydrogens is 183 g/mol. The van der Waals surface area contributed by atoms with E-state index in [1.54, 1.807) is 6.07 Å². The molecule has 2 aromatic rings. The number of halogens is 1. The summed E-state index contributed by atoms with van der Waals surface area (Å²) in [5.74, 6) is -0.205. The highest BCUT2D eigenvalue weighted by Gasteiger charge is 2.15. The monoisotopic (exact) mass is 194 g/mol. The fourth-order valence-electron chi connectivity index (χ4n) is 1.56. The Balaban J connectivity index is 2.82. The third-order valence-corrected chi connectivity index (χ3v) is 2.14. The van der Waals surface area contributed by atoms with Crippen LogP contribution in [0.5, 0.6) is 0 Å². The van der Waals surface area contributed by atoms with Crippen molar-refractivity contribution < 1.29 is 8.81 Å². The minimum Gasteiger partial charge on any atom is -0.424 e. The molecule has 0 spiro atoms. The lowest BCUT2D eigenvalue weighted by Gasteiger charge is -2.06. The van der Waals surface area contributed by atoms with Gasteiger partial charge in [-0.3, -0.25) is 0 Å². The lowest BCUT2D eigenvalue weighted by Crippen LogP contribution is -1.94. The van der Waals surface area contributed by atoms with Crippen molar-refractivity contribution in [1.82, 2.24) is 4.98 Å². The predicted octanol–water partition coefficient (Wildman–Crippen LogP) is 2.67. The van der Waals surface area contributed by atoms with Gasteiger partial charge in [-0.25, -0.2) is 4.39 Å². The average molecular weight is 194 g/mol. The average Bonchev–Trinajstić information content (AvgIpc) is 2.43. The molecule has 0 saturated carbocycles. The molecule has 2 N–H and O–H groups in total. The van der Waals surface area contributed by atoms with Crippen molar-refractivity contribution in [3.05, 3.63) is 23.5 Å². The van der Waals surface area contributed by atoms with E-state index in [0.29, 0.717) is 16.7 Å². The number of oxazole rings is 1. The number of benzene rings is 1. The van der Waals surface area contributed by atoms with Crippen molar-refractivity contribution >= 4 is 17.1 Å². The lowest BCUT2D eigenvalue weighted by molar-refractivity contribution is 0.597. The van der Waals surface area contributed by atoms with Crippen LogP contribution in [-0.2, 0) is 0 Å². The van der Waals surface area contributed by atoms with Gasteiger partial charge in [0.15, 0.2) is 5.58 Å². The van der Waals surface area contributed by atoms with E-state index in [1.807, 2.05) is 13.8 Å². The summed E-state index contributed by atoms with van der Waals surface area (Å²) < 4.78 is 18.6. The summed E-state index contributed by atoms with van der Waals surface area (Å²) >= 11 is 0. The minimum absolute atomic E-state index is 0.0585. The third kappa shape index (κ3) is 1.23. The van der Waals surface area contributed by atoms with Crippen LogP contribution >= 0.6 is 0 Å². The molecule has 1 aromatic heterocycles. The Labute approximate surface area is 80.7 Å². The normalized spacial score (nSPS) is 11.4. The fraction of sp³-hybridized carbons (Fsp3) is 0.300. The molecule has 0 radical (unpaired) electrons. The number of nitrogens with zero attached hydrogens (tertiary/aromatic N) is 1. The van der Waals surface area contributed by atoms with Crippen LogP contribution in [0.4, 0.5) is 10.4 Å². The summed E-state index contributed by atoms with van der Waals surface area (Å²) in [4.78, 5) is 3.97. The summed E-state index contributed by atoms with van der Waals surface area (Å²) in [6.07, 6.45) is 0. The van der Waals surface area contributed by atoms with E-state index in [0.717, 1.165) is 0 Å². The van der Waals surface area contributed by atoms with Crippen LogP contribution in [-0.4, -0.2) is 4.98 Å². The van der Waals surface area contributed by atoms with Gasteiger partial charge < -0.3 is 10.2 Å². The number of nitrogens with two attached hydrogens (primary N) is 1. The number of aromatic nitrogens is 1. The maximum atomic E-state index is 13.5. The molecule has 0 aliphatic carbocycles. The maximum Gasteiger partial charge on any atom is 0.292 e. The number of nitrogen functional groups attached to an aromatic ring is 1. The highest BCUT2D eigenvalue weighted by atomic mass is 19.1. The van der Waals surface area contributed by atoms with Gasteiger partial charge in [-0.1, -0.05) is 13.8 Å². The Bertz CT molecular complexity index is 476. The molecule has 0 bridgehead atoms. The molecule has 0 saturated heterocycles. The summed E-state index contributed by atoms with van der Waals surface area (Å²) in [5.41, 5.74) is 7.03. The molecule has 4 heteroatoms. The fourth-order valence-corrected chi connectivity index (χ4v) is 1.56. The molecule has 0 aliphatic heterocycles. The van der Waals surface area contributed by atoms with Crippen LogP contribution < -0.4 is 5.73 Å². The largest absolute Gasteiger partial charge is 0.424 e. The molecule has 0 aliphatic rings. The maximum absolute atomic E-state index is 13.5. The lowest BCUT2D eigenvalue weighted by atomic mass is 10.0. The van der Waals surface area contributed by atoms with Gasteiger partial charge >= 0.3 is 0 Å². The van der Waals surface area contributed by atoms with Gasteiger partial charge in [0.25, 0.3) is 6.01 Å². The SMILES string of the molecule is CC(C)c1c(F)ccc2oc(N)nc12. The van der Waals surface area contributed by atoms with Crippen molar-refractivity contribution in [3.63, 3.8) is 0 Å². The molecule has 74 valence electrons. The first-order valence-corrected chi connectivity index (χ1v) is 4.44. The molecule has 0 amide bonds. The second kappa shape index (κ2) is 2.97. The molecule has 1 heterocycles. The van der Waals surface area contributed by atoms with Crippen LogP contribution in [0.25, 0.3) is 11.1 Å². The molecule has 3 nitrogen and oxygen atoms in total. The number of hydrogen-bond acceptors (Lipinski definition) is 3. The summed E-state index contributed by atoms with van der Waals surface area (Å²) in [6, 6.07) is 3.00. The summed E-state index contributed by atoms with van der Waals surface area (Å²) in [5, 5.41) is 0. The van der Waals surface area contributed by atoms with Crippen molar-refractivity contribution in [2.24, 2.45) is 0 Å². The molecule has 2 rings (SSSR count). The van der Waals surface area contributed by atoms with E-state index < -0.39 is 0 Å². The zero-order valence-corrected chi connectivity index (χ0v) is 8.04. The van der Waals surface area contributed by atoms with Crippen LogP contribution in [0, 0.1) is 5.82 Å². The van der Waals surface area contributed by atoms with Crippen molar-refractivity contribution in [2.45, 2.75) is 19.8 Å². The molecule has 0 fully saturated rings. The first-order valence-electron chi connectivity index (χ1n) is 4.44. The Morgan fingerprint density at radius 3 is 2.79 bits per heavy atom. The van der Waals surface area contributed by atoms with Gasteiger partial charge in [-0.2, -0.15) is 4.98 Å². The van der Waals surface area contributed by atoms with Crippen LogP contribution in [0.1, 0.15) is 25.3 Å². The van der Waals surface area contributed by atoms with E-state index in [4.69, 9.17) is 10.2 Å². The van der Waals surface area contributed by atoms with Crippen LogP contribution in [0.3, 0.4) is 0 Å². The highest BCUT2D eigenvalue weighted by Crippen LogP contribution is 2.28. The minimum atomic E-state index is -0.263. The van der Waals surface area contributed by atoms with Gasteiger partial charge in [0.05, 0.1) is 0 Å². The van der Waals surface area contributed by atoms with Gasteiger partial charge in [0, 0.05) is 5.56 Å². The second-order valence-electron chi connectivity index (χ2n) is 3.51. The quantitative estimate of drug-likeness (QED) is 0.759. The van der Waals surface area contributed by atoms with Crippen molar-refractivity contribution in [3.8, 4) is 0 Å². The molecule has 0 unspecified atom stereocenters.